The van der Waals surface area contributed by atoms with Gasteiger partial charge in [-0.05, 0) is 50.0 Å². The molecule has 0 aromatic rings. The third kappa shape index (κ3) is 3.53. The van der Waals surface area contributed by atoms with E-state index in [1.54, 1.807) is 0 Å². The largest absolute Gasteiger partial charge is 0.310 e. The molecular formula is C15H25N2. The smallest absolute Gasteiger partial charge is 0.0364 e. The van der Waals surface area contributed by atoms with Gasteiger partial charge in [-0.3, -0.25) is 4.99 Å². The number of rotatable bonds is 3. The third-order valence-corrected chi connectivity index (χ3v) is 3.30. The number of allylic oxidation sites excluding steroid dienone is 3. The Kier molecular flexibility index (Phi) is 5.63. The molecule has 1 unspecified atom stereocenters. The Morgan fingerprint density at radius 3 is 2.41 bits per heavy atom. The van der Waals surface area contributed by atoms with Gasteiger partial charge in [-0.1, -0.05) is 19.9 Å². The molecule has 0 bridgehead atoms. The van der Waals surface area contributed by atoms with E-state index in [0.29, 0.717) is 6.04 Å². The van der Waals surface area contributed by atoms with Gasteiger partial charge in [-0.15, -0.1) is 0 Å². The lowest BCUT2D eigenvalue weighted by molar-refractivity contribution is 0.704. The van der Waals surface area contributed by atoms with E-state index in [-0.39, 0.29) is 0 Å². The van der Waals surface area contributed by atoms with Crippen LogP contribution in [0.4, 0.5) is 0 Å². The first-order chi connectivity index (χ1) is 8.24. The molecule has 1 fully saturated rings. The number of hydrogen-bond donors (Lipinski definition) is 1. The van der Waals surface area contributed by atoms with Crippen LogP contribution in [0.15, 0.2) is 27.8 Å². The van der Waals surface area contributed by atoms with E-state index in [9.17, 15) is 0 Å². The minimum Gasteiger partial charge on any atom is -0.310 e. The van der Waals surface area contributed by atoms with Crippen LogP contribution in [0.25, 0.3) is 0 Å². The van der Waals surface area contributed by atoms with Crippen LogP contribution in [0.2, 0.25) is 0 Å². The van der Waals surface area contributed by atoms with Crippen LogP contribution in [0.5, 0.6) is 0 Å². The topological polar surface area (TPSA) is 24.4 Å². The molecule has 2 rings (SSSR count). The number of nitrogens with one attached hydrogen (secondary N) is 1. The molecule has 0 aromatic heterocycles. The first kappa shape index (κ1) is 14.2. The predicted octanol–water partition coefficient (Wildman–Crippen LogP) is 3.32. The van der Waals surface area contributed by atoms with Crippen molar-refractivity contribution in [3.63, 3.8) is 0 Å². The van der Waals surface area contributed by atoms with Gasteiger partial charge < -0.3 is 5.32 Å². The molecule has 1 N–H and O–H groups in total. The van der Waals surface area contributed by atoms with Crippen molar-refractivity contribution in [2.45, 2.75) is 46.6 Å². The standard InChI is InChI=1S/C13H19N2.C2H6/c1-9(11-6-7-11)13(10(2)14-3)12-5-4-8-15-12;1-2/h6-7,12,15H,4-5,8H2,1-3H3;1-2H3/b13-9+,14-10?;. The van der Waals surface area contributed by atoms with E-state index in [2.05, 4.69) is 36.7 Å². The van der Waals surface area contributed by atoms with Crippen molar-refractivity contribution < 1.29 is 0 Å². The van der Waals surface area contributed by atoms with Gasteiger partial charge >= 0.3 is 0 Å². The van der Waals surface area contributed by atoms with Crippen molar-refractivity contribution in [1.82, 2.24) is 5.32 Å². The lowest BCUT2D eigenvalue weighted by Crippen LogP contribution is -2.28. The Labute approximate surface area is 106 Å². The van der Waals surface area contributed by atoms with Gasteiger partial charge in [0.25, 0.3) is 0 Å². The number of nitrogens with zero attached hydrogens (tertiary/aromatic N) is 1. The second-order valence-electron chi connectivity index (χ2n) is 4.29. The molecule has 0 spiro atoms. The van der Waals surface area contributed by atoms with Crippen molar-refractivity contribution >= 4 is 5.71 Å². The third-order valence-electron chi connectivity index (χ3n) is 3.30. The summed E-state index contributed by atoms with van der Waals surface area (Å²) in [7, 11) is 1.88. The predicted molar refractivity (Wildman–Crippen MR) is 76.5 cm³/mol. The fraction of sp³-hybridized carbons (Fsp3) is 0.600. The Morgan fingerprint density at radius 2 is 2.00 bits per heavy atom. The lowest BCUT2D eigenvalue weighted by atomic mass is 9.94. The van der Waals surface area contributed by atoms with E-state index in [0.717, 1.165) is 6.54 Å². The fourth-order valence-electron chi connectivity index (χ4n) is 2.28. The SMILES string of the molecule is CC.CN=C(C)/C(=C(/C)C1=C[CH]1)C1CCCN1. The van der Waals surface area contributed by atoms with Gasteiger partial charge in [-0.2, -0.15) is 0 Å². The van der Waals surface area contributed by atoms with Gasteiger partial charge in [0.2, 0.25) is 0 Å². The van der Waals surface area contributed by atoms with Crippen LogP contribution in [-0.4, -0.2) is 25.3 Å². The molecule has 1 saturated heterocycles. The normalized spacial score (nSPS) is 24.6. The second-order valence-corrected chi connectivity index (χ2v) is 4.29. The van der Waals surface area contributed by atoms with Crippen LogP contribution in [0.3, 0.4) is 0 Å². The van der Waals surface area contributed by atoms with Crippen molar-refractivity contribution in [3.05, 3.63) is 29.2 Å². The molecule has 2 heteroatoms. The molecule has 1 aliphatic heterocycles. The van der Waals surface area contributed by atoms with Crippen LogP contribution < -0.4 is 5.32 Å². The molecule has 1 atom stereocenters. The highest BCUT2D eigenvalue weighted by molar-refractivity contribution is 6.01. The average molecular weight is 233 g/mol. The molecule has 1 aliphatic carbocycles. The van der Waals surface area contributed by atoms with Crippen molar-refractivity contribution in [3.8, 4) is 0 Å². The van der Waals surface area contributed by atoms with Gasteiger partial charge in [0, 0.05) is 25.2 Å². The molecule has 95 valence electrons. The van der Waals surface area contributed by atoms with Crippen LogP contribution in [0, 0.1) is 6.42 Å². The summed E-state index contributed by atoms with van der Waals surface area (Å²) < 4.78 is 0. The summed E-state index contributed by atoms with van der Waals surface area (Å²) in [4.78, 5) is 4.34. The molecule has 2 nitrogen and oxygen atoms in total. The molecule has 0 amide bonds. The molecule has 0 saturated carbocycles. The van der Waals surface area contributed by atoms with Gasteiger partial charge in [-0.25, -0.2) is 0 Å². The highest BCUT2D eigenvalue weighted by Crippen LogP contribution is 2.31. The van der Waals surface area contributed by atoms with E-state index in [4.69, 9.17) is 0 Å². The summed E-state index contributed by atoms with van der Waals surface area (Å²) in [6.07, 6.45) is 6.87. The zero-order chi connectivity index (χ0) is 12.8. The highest BCUT2D eigenvalue weighted by Gasteiger charge is 2.25. The Bertz CT molecular complexity index is 342. The monoisotopic (exact) mass is 233 g/mol. The summed E-state index contributed by atoms with van der Waals surface area (Å²) in [6.45, 7) is 9.46. The molecule has 1 heterocycles. The van der Waals surface area contributed by atoms with Gasteiger partial charge in [0.15, 0.2) is 0 Å². The Balaban J connectivity index is 0.000000686. The summed E-state index contributed by atoms with van der Waals surface area (Å²) in [6, 6.07) is 0.517. The molecule has 2 aliphatic rings. The average Bonchev–Trinajstić information content (AvgIpc) is 3.10. The highest BCUT2D eigenvalue weighted by atomic mass is 14.9. The minimum absolute atomic E-state index is 0.517. The van der Waals surface area contributed by atoms with Gasteiger partial charge in [0.1, 0.15) is 0 Å². The first-order valence-corrected chi connectivity index (χ1v) is 6.67. The Morgan fingerprint density at radius 1 is 1.35 bits per heavy atom. The van der Waals surface area contributed by atoms with E-state index in [1.165, 1.54) is 35.3 Å². The van der Waals surface area contributed by atoms with Crippen LogP contribution in [0.1, 0.15) is 40.5 Å². The van der Waals surface area contributed by atoms with Crippen molar-refractivity contribution in [1.29, 1.82) is 0 Å². The first-order valence-electron chi connectivity index (χ1n) is 6.67. The Hall–Kier alpha value is -0.890. The zero-order valence-electron chi connectivity index (χ0n) is 11.8. The van der Waals surface area contributed by atoms with E-state index >= 15 is 0 Å². The zero-order valence-corrected chi connectivity index (χ0v) is 11.8. The second kappa shape index (κ2) is 6.75. The minimum atomic E-state index is 0.517. The molecular weight excluding hydrogens is 208 g/mol. The fourth-order valence-corrected chi connectivity index (χ4v) is 2.28. The number of hydrogen-bond acceptors (Lipinski definition) is 2. The maximum atomic E-state index is 4.34. The summed E-state index contributed by atoms with van der Waals surface area (Å²) >= 11 is 0. The lowest BCUT2D eigenvalue weighted by Gasteiger charge is -2.18. The molecule has 1 radical (unpaired) electrons. The molecule has 0 aromatic carbocycles. The van der Waals surface area contributed by atoms with Crippen molar-refractivity contribution in [2.24, 2.45) is 4.99 Å². The maximum absolute atomic E-state index is 4.34. The molecule has 17 heavy (non-hydrogen) atoms. The maximum Gasteiger partial charge on any atom is 0.0364 e. The summed E-state index contributed by atoms with van der Waals surface area (Å²) in [5.41, 5.74) is 5.38. The van der Waals surface area contributed by atoms with E-state index in [1.807, 2.05) is 20.9 Å². The van der Waals surface area contributed by atoms with Crippen LogP contribution >= 0.6 is 0 Å². The summed E-state index contributed by atoms with van der Waals surface area (Å²) in [5.74, 6) is 0. The quantitative estimate of drug-likeness (QED) is 0.743. The van der Waals surface area contributed by atoms with Crippen molar-refractivity contribution in [2.75, 3.05) is 13.6 Å². The van der Waals surface area contributed by atoms with Crippen LogP contribution in [-0.2, 0) is 0 Å². The van der Waals surface area contributed by atoms with E-state index < -0.39 is 0 Å². The van der Waals surface area contributed by atoms with Gasteiger partial charge in [0.05, 0.1) is 0 Å². The number of aliphatic imine (C=N–C) groups is 1. The summed E-state index contributed by atoms with van der Waals surface area (Å²) in [5, 5.41) is 3.56.